The average molecular weight is 307 g/mol. The Morgan fingerprint density at radius 2 is 2.09 bits per heavy atom. The van der Waals surface area contributed by atoms with Crippen molar-refractivity contribution in [2.45, 2.75) is 26.5 Å². The molecular formula is C14H18BNO6. The molecule has 0 unspecified atom stereocenters. The number of hydrogen-bond donors (Lipinski definition) is 3. The molecule has 22 heavy (non-hydrogen) atoms. The average Bonchev–Trinajstić information content (AvgIpc) is 2.84. The lowest BCUT2D eigenvalue weighted by molar-refractivity contribution is -0.140. The Labute approximate surface area is 128 Å². The minimum atomic E-state index is -1.15. The number of ether oxygens (including phenoxy) is 1. The van der Waals surface area contributed by atoms with Gasteiger partial charge >= 0.3 is 13.1 Å². The number of aliphatic carboxylic acids is 1. The fraction of sp³-hybridized carbons (Fsp3) is 0.429. The number of carboxylic acids is 1. The van der Waals surface area contributed by atoms with E-state index in [-0.39, 0.29) is 23.8 Å². The van der Waals surface area contributed by atoms with Gasteiger partial charge in [0.15, 0.2) is 0 Å². The highest BCUT2D eigenvalue weighted by Crippen LogP contribution is 2.23. The van der Waals surface area contributed by atoms with Crippen molar-refractivity contribution in [3.8, 4) is 5.75 Å². The van der Waals surface area contributed by atoms with Gasteiger partial charge in [0, 0.05) is 5.46 Å². The molecule has 0 aliphatic carbocycles. The fourth-order valence-electron chi connectivity index (χ4n) is 2.42. The van der Waals surface area contributed by atoms with Gasteiger partial charge in [-0.1, -0.05) is 19.9 Å². The van der Waals surface area contributed by atoms with E-state index >= 15 is 0 Å². The van der Waals surface area contributed by atoms with Gasteiger partial charge < -0.3 is 24.8 Å². The van der Waals surface area contributed by atoms with Crippen LogP contribution in [0.2, 0.25) is 0 Å². The van der Waals surface area contributed by atoms with E-state index in [9.17, 15) is 14.6 Å². The van der Waals surface area contributed by atoms with E-state index in [0.717, 1.165) is 5.56 Å². The largest absolute Gasteiger partial charge is 0.496 e. The number of carboxylic acid groups (broad SMARTS) is 1. The third kappa shape index (κ3) is 2.93. The number of hydrogen-bond acceptors (Lipinski definition) is 5. The molecule has 0 radical (unpaired) electrons. The van der Waals surface area contributed by atoms with Gasteiger partial charge in [-0.05, 0) is 17.5 Å². The van der Waals surface area contributed by atoms with E-state index in [1.54, 1.807) is 19.9 Å². The smallest absolute Gasteiger partial charge is 0.495 e. The van der Waals surface area contributed by atoms with E-state index < -0.39 is 25.0 Å². The number of carbonyl (C=O) groups is 2. The maximum absolute atomic E-state index is 12.4. The van der Waals surface area contributed by atoms with Crippen molar-refractivity contribution in [3.63, 3.8) is 0 Å². The molecule has 118 valence electrons. The van der Waals surface area contributed by atoms with E-state index in [2.05, 4.69) is 5.32 Å². The molecule has 0 aromatic heterocycles. The molecule has 0 spiro atoms. The molecule has 1 aromatic rings. The second-order valence-corrected chi connectivity index (χ2v) is 5.42. The second kappa shape index (κ2) is 6.37. The Morgan fingerprint density at radius 3 is 2.64 bits per heavy atom. The summed E-state index contributed by atoms with van der Waals surface area (Å²) in [6, 6.07) is 2.19. The third-order valence-electron chi connectivity index (χ3n) is 3.60. The normalized spacial score (nSPS) is 14.7. The van der Waals surface area contributed by atoms with Gasteiger partial charge in [0.2, 0.25) is 0 Å². The molecule has 8 heteroatoms. The highest BCUT2D eigenvalue weighted by Gasteiger charge is 2.34. The molecule has 3 N–H and O–H groups in total. The second-order valence-electron chi connectivity index (χ2n) is 5.42. The van der Waals surface area contributed by atoms with Crippen LogP contribution in [0.4, 0.5) is 0 Å². The van der Waals surface area contributed by atoms with Crippen LogP contribution in [-0.2, 0) is 16.1 Å². The summed E-state index contributed by atoms with van der Waals surface area (Å²) >= 11 is 0. The molecule has 0 bridgehead atoms. The number of methoxy groups -OCH3 is 1. The molecule has 1 aromatic carbocycles. The third-order valence-corrected chi connectivity index (χ3v) is 3.60. The molecule has 1 heterocycles. The Balaban J connectivity index is 2.35. The van der Waals surface area contributed by atoms with E-state index in [1.165, 1.54) is 13.2 Å². The zero-order chi connectivity index (χ0) is 16.4. The highest BCUT2D eigenvalue weighted by molar-refractivity contribution is 6.63. The quantitative estimate of drug-likeness (QED) is 0.648. The van der Waals surface area contributed by atoms with Crippen molar-refractivity contribution in [3.05, 3.63) is 23.3 Å². The van der Waals surface area contributed by atoms with Gasteiger partial charge in [0.25, 0.3) is 5.91 Å². The Bertz CT molecular complexity index is 603. The molecule has 0 fully saturated rings. The van der Waals surface area contributed by atoms with E-state index in [0.29, 0.717) is 5.46 Å². The van der Waals surface area contributed by atoms with Crippen LogP contribution < -0.4 is 15.5 Å². The maximum Gasteiger partial charge on any atom is 0.495 e. The van der Waals surface area contributed by atoms with Gasteiger partial charge in [0.05, 0.1) is 19.3 Å². The summed E-state index contributed by atoms with van der Waals surface area (Å²) in [6.07, 6.45) is 0. The summed E-state index contributed by atoms with van der Waals surface area (Å²) in [6.45, 7) is 3.64. The van der Waals surface area contributed by atoms with Crippen molar-refractivity contribution in [2.75, 3.05) is 7.11 Å². The first-order chi connectivity index (χ1) is 10.4. The van der Waals surface area contributed by atoms with Crippen LogP contribution in [-0.4, -0.2) is 42.3 Å². The van der Waals surface area contributed by atoms with Crippen LogP contribution in [0.3, 0.4) is 0 Å². The molecule has 1 aliphatic heterocycles. The van der Waals surface area contributed by atoms with Crippen LogP contribution in [0.25, 0.3) is 0 Å². The fourth-order valence-corrected chi connectivity index (χ4v) is 2.42. The Kier molecular flexibility index (Phi) is 4.73. The molecule has 1 atom stereocenters. The lowest BCUT2D eigenvalue weighted by atomic mass is 9.77. The van der Waals surface area contributed by atoms with E-state index in [4.69, 9.17) is 14.5 Å². The topological polar surface area (TPSA) is 105 Å². The highest BCUT2D eigenvalue weighted by atomic mass is 16.5. The first-order valence-electron chi connectivity index (χ1n) is 6.90. The van der Waals surface area contributed by atoms with Crippen molar-refractivity contribution >= 4 is 24.5 Å². The molecule has 1 amide bonds. The standard InChI is InChI=1S/C14H18BNO6/c1-7(2)11(14(18)19)16-13(17)9-5-4-8-6-22-15(20)10(8)12(9)21-3/h4-5,7,11,20H,6H2,1-3H3,(H,16,17)(H,18,19)/t11-/m0/s1. The van der Waals surface area contributed by atoms with Crippen LogP contribution >= 0.6 is 0 Å². The minimum Gasteiger partial charge on any atom is -0.496 e. The number of nitrogens with one attached hydrogen (secondary N) is 1. The van der Waals surface area contributed by atoms with Crippen LogP contribution in [0.15, 0.2) is 12.1 Å². The Hall–Kier alpha value is -2.06. The summed E-state index contributed by atoms with van der Waals surface area (Å²) in [5.41, 5.74) is 1.31. The number of fused-ring (bicyclic) bond motifs is 1. The van der Waals surface area contributed by atoms with Gasteiger partial charge in [0.1, 0.15) is 11.8 Å². The molecule has 2 rings (SSSR count). The number of benzene rings is 1. The first kappa shape index (κ1) is 16.3. The van der Waals surface area contributed by atoms with Crippen LogP contribution in [0, 0.1) is 5.92 Å². The minimum absolute atomic E-state index is 0.165. The lowest BCUT2D eigenvalue weighted by Gasteiger charge is -2.19. The van der Waals surface area contributed by atoms with Crippen LogP contribution in [0.1, 0.15) is 29.8 Å². The zero-order valence-electron chi connectivity index (χ0n) is 12.6. The SMILES string of the molecule is COc1c(C(=O)N[C@H](C(=O)O)C(C)C)ccc2c1B(O)OC2. The monoisotopic (exact) mass is 307 g/mol. The predicted octanol–water partition coefficient (Wildman–Crippen LogP) is -0.248. The summed E-state index contributed by atoms with van der Waals surface area (Å²) < 4.78 is 10.3. The van der Waals surface area contributed by atoms with Crippen molar-refractivity contribution in [2.24, 2.45) is 5.92 Å². The van der Waals surface area contributed by atoms with Crippen LogP contribution in [0.5, 0.6) is 5.75 Å². The van der Waals surface area contributed by atoms with Gasteiger partial charge in [-0.15, -0.1) is 0 Å². The molecule has 0 saturated heterocycles. The predicted molar refractivity (Wildman–Crippen MR) is 79.1 cm³/mol. The van der Waals surface area contributed by atoms with Crippen molar-refractivity contribution in [1.29, 1.82) is 0 Å². The molecular weight excluding hydrogens is 289 g/mol. The number of rotatable bonds is 5. The summed E-state index contributed by atoms with van der Waals surface area (Å²) in [5, 5.41) is 21.5. The van der Waals surface area contributed by atoms with E-state index in [1.807, 2.05) is 0 Å². The summed E-state index contributed by atoms with van der Waals surface area (Å²) in [7, 11) is 0.229. The summed E-state index contributed by atoms with van der Waals surface area (Å²) in [5.74, 6) is -1.74. The molecule has 0 saturated carbocycles. The summed E-state index contributed by atoms with van der Waals surface area (Å²) in [4.78, 5) is 23.6. The van der Waals surface area contributed by atoms with Crippen molar-refractivity contribution in [1.82, 2.24) is 5.32 Å². The van der Waals surface area contributed by atoms with Gasteiger partial charge in [-0.2, -0.15) is 0 Å². The molecule has 7 nitrogen and oxygen atoms in total. The van der Waals surface area contributed by atoms with Gasteiger partial charge in [-0.3, -0.25) is 4.79 Å². The molecule has 1 aliphatic rings. The zero-order valence-corrected chi connectivity index (χ0v) is 12.6. The van der Waals surface area contributed by atoms with Gasteiger partial charge in [-0.25, -0.2) is 4.79 Å². The van der Waals surface area contributed by atoms with Crippen molar-refractivity contribution < 1.29 is 29.1 Å². The number of carbonyl (C=O) groups excluding carboxylic acids is 1. The number of amides is 1. The maximum atomic E-state index is 12.4. The first-order valence-corrected chi connectivity index (χ1v) is 6.90. The lowest BCUT2D eigenvalue weighted by Crippen LogP contribution is -2.44. The Morgan fingerprint density at radius 1 is 1.41 bits per heavy atom.